The molecule has 1 aromatic carbocycles. The van der Waals surface area contributed by atoms with Gasteiger partial charge in [-0.2, -0.15) is 5.10 Å². The van der Waals surface area contributed by atoms with E-state index in [9.17, 15) is 4.79 Å². The Morgan fingerprint density at radius 3 is 2.74 bits per heavy atom. The number of benzene rings is 1. The van der Waals surface area contributed by atoms with Crippen LogP contribution in [0.5, 0.6) is 0 Å². The molecule has 0 aliphatic rings. The molecule has 0 spiro atoms. The molecule has 5 heteroatoms. The molecule has 1 amide bonds. The third-order valence-electron chi connectivity index (χ3n) is 2.76. The topological polar surface area (TPSA) is 64.2 Å². The minimum absolute atomic E-state index is 0.0434. The first-order chi connectivity index (χ1) is 9.08. The molecule has 1 unspecified atom stereocenters. The Hall–Kier alpha value is -2.14. The first kappa shape index (κ1) is 13.3. The van der Waals surface area contributed by atoms with E-state index in [1.807, 2.05) is 37.3 Å². The Kier molecular flexibility index (Phi) is 3.97. The molecule has 1 atom stereocenters. The van der Waals surface area contributed by atoms with Crippen LogP contribution in [0.2, 0.25) is 0 Å². The summed E-state index contributed by atoms with van der Waals surface area (Å²) in [5.41, 5.74) is 7.18. The molecule has 5 nitrogen and oxygen atoms in total. The van der Waals surface area contributed by atoms with Crippen LogP contribution in [0.4, 0.5) is 0 Å². The van der Waals surface area contributed by atoms with Crippen LogP contribution in [0.15, 0.2) is 42.7 Å². The molecule has 0 fully saturated rings. The molecule has 0 saturated heterocycles. The van der Waals surface area contributed by atoms with Crippen LogP contribution >= 0.6 is 0 Å². The average molecular weight is 258 g/mol. The van der Waals surface area contributed by atoms with E-state index in [2.05, 4.69) is 5.10 Å². The van der Waals surface area contributed by atoms with Gasteiger partial charge in [0.2, 0.25) is 0 Å². The fraction of sp³-hybridized carbons (Fsp3) is 0.286. The minimum Gasteiger partial charge on any atom is -0.340 e. The number of carbonyl (C=O) groups excluding carboxylic acids is 1. The van der Waals surface area contributed by atoms with Gasteiger partial charge < -0.3 is 10.6 Å². The van der Waals surface area contributed by atoms with E-state index in [1.54, 1.807) is 29.0 Å². The van der Waals surface area contributed by atoms with Gasteiger partial charge in [0, 0.05) is 25.8 Å². The van der Waals surface area contributed by atoms with Crippen molar-refractivity contribution in [1.29, 1.82) is 0 Å². The molecule has 1 heterocycles. The lowest BCUT2D eigenvalue weighted by Crippen LogP contribution is -2.36. The van der Waals surface area contributed by atoms with Gasteiger partial charge in [-0.3, -0.25) is 4.79 Å². The van der Waals surface area contributed by atoms with Crippen LogP contribution in [0.1, 0.15) is 17.3 Å². The maximum absolute atomic E-state index is 12.1. The molecule has 1 aromatic heterocycles. The second kappa shape index (κ2) is 5.67. The lowest BCUT2D eigenvalue weighted by Gasteiger charge is -2.18. The van der Waals surface area contributed by atoms with Crippen LogP contribution in [-0.4, -0.2) is 40.2 Å². The molecule has 0 saturated carbocycles. The summed E-state index contributed by atoms with van der Waals surface area (Å²) in [6.45, 7) is 2.40. The van der Waals surface area contributed by atoms with Gasteiger partial charge in [-0.1, -0.05) is 18.2 Å². The van der Waals surface area contributed by atoms with E-state index in [1.165, 1.54) is 0 Å². The van der Waals surface area contributed by atoms with E-state index < -0.39 is 0 Å². The standard InChI is InChI=1S/C14H18N4O/c1-11(15)9-17(2)14(19)12-8-16-18(10-12)13-6-4-3-5-7-13/h3-8,10-11H,9,15H2,1-2H3. The number of aromatic nitrogens is 2. The molecule has 0 aliphatic carbocycles. The average Bonchev–Trinajstić information content (AvgIpc) is 2.87. The minimum atomic E-state index is -0.0699. The SMILES string of the molecule is CC(N)CN(C)C(=O)c1cnn(-c2ccccc2)c1. The second-order valence-electron chi connectivity index (χ2n) is 4.67. The van der Waals surface area contributed by atoms with Crippen molar-refractivity contribution in [1.82, 2.24) is 14.7 Å². The predicted octanol–water partition coefficient (Wildman–Crippen LogP) is 1.29. The highest BCUT2D eigenvalue weighted by Gasteiger charge is 2.15. The Morgan fingerprint density at radius 2 is 2.11 bits per heavy atom. The van der Waals surface area contributed by atoms with Crippen LogP contribution in [0, 0.1) is 0 Å². The van der Waals surface area contributed by atoms with Crippen molar-refractivity contribution < 1.29 is 4.79 Å². The van der Waals surface area contributed by atoms with E-state index in [0.717, 1.165) is 5.69 Å². The number of hydrogen-bond donors (Lipinski definition) is 1. The molecular formula is C14H18N4O. The van der Waals surface area contributed by atoms with Crippen LogP contribution in [0.25, 0.3) is 5.69 Å². The largest absolute Gasteiger partial charge is 0.340 e. The van der Waals surface area contributed by atoms with Crippen molar-refractivity contribution in [2.45, 2.75) is 13.0 Å². The normalized spacial score (nSPS) is 12.2. The zero-order chi connectivity index (χ0) is 13.8. The number of nitrogens with zero attached hydrogens (tertiary/aromatic N) is 3. The fourth-order valence-electron chi connectivity index (χ4n) is 1.89. The molecule has 2 N–H and O–H groups in total. The van der Waals surface area contributed by atoms with Gasteiger partial charge in [0.15, 0.2) is 0 Å². The van der Waals surface area contributed by atoms with Gasteiger partial charge in [0.25, 0.3) is 5.91 Å². The van der Waals surface area contributed by atoms with Crippen molar-refractivity contribution in [2.24, 2.45) is 5.73 Å². The Labute approximate surface area is 112 Å². The number of nitrogens with two attached hydrogens (primary N) is 1. The highest BCUT2D eigenvalue weighted by molar-refractivity contribution is 5.93. The number of carbonyl (C=O) groups is 1. The first-order valence-corrected chi connectivity index (χ1v) is 6.19. The smallest absolute Gasteiger partial charge is 0.256 e. The number of para-hydroxylation sites is 1. The van der Waals surface area contributed by atoms with Crippen LogP contribution in [-0.2, 0) is 0 Å². The summed E-state index contributed by atoms with van der Waals surface area (Å²) in [4.78, 5) is 13.7. The molecule has 2 rings (SSSR count). The van der Waals surface area contributed by atoms with Crippen molar-refractivity contribution in [3.63, 3.8) is 0 Å². The number of hydrogen-bond acceptors (Lipinski definition) is 3. The zero-order valence-electron chi connectivity index (χ0n) is 11.2. The van der Waals surface area contributed by atoms with E-state index in [4.69, 9.17) is 5.73 Å². The third-order valence-corrected chi connectivity index (χ3v) is 2.76. The number of rotatable bonds is 4. The van der Waals surface area contributed by atoms with Gasteiger partial charge in [-0.25, -0.2) is 4.68 Å². The molecule has 2 aromatic rings. The first-order valence-electron chi connectivity index (χ1n) is 6.19. The summed E-state index contributed by atoms with van der Waals surface area (Å²) in [5, 5.41) is 4.21. The fourth-order valence-corrected chi connectivity index (χ4v) is 1.89. The summed E-state index contributed by atoms with van der Waals surface area (Å²) in [6.07, 6.45) is 3.31. The zero-order valence-corrected chi connectivity index (χ0v) is 11.2. The molecule has 0 radical (unpaired) electrons. The van der Waals surface area contributed by atoms with Gasteiger partial charge in [-0.15, -0.1) is 0 Å². The lowest BCUT2D eigenvalue weighted by atomic mass is 10.2. The van der Waals surface area contributed by atoms with Gasteiger partial charge >= 0.3 is 0 Å². The second-order valence-corrected chi connectivity index (χ2v) is 4.67. The van der Waals surface area contributed by atoms with E-state index in [0.29, 0.717) is 12.1 Å². The molecule has 19 heavy (non-hydrogen) atoms. The Morgan fingerprint density at radius 1 is 1.42 bits per heavy atom. The summed E-state index contributed by atoms with van der Waals surface area (Å²) in [5.74, 6) is -0.0699. The molecular weight excluding hydrogens is 240 g/mol. The van der Waals surface area contributed by atoms with E-state index >= 15 is 0 Å². The molecule has 0 aliphatic heterocycles. The summed E-state index contributed by atoms with van der Waals surface area (Å²) in [7, 11) is 1.74. The predicted molar refractivity (Wildman–Crippen MR) is 74.2 cm³/mol. The number of likely N-dealkylation sites (N-methyl/N-ethyl adjacent to an activating group) is 1. The Balaban J connectivity index is 2.15. The van der Waals surface area contributed by atoms with E-state index in [-0.39, 0.29) is 11.9 Å². The van der Waals surface area contributed by atoms with Crippen LogP contribution < -0.4 is 5.73 Å². The summed E-state index contributed by atoms with van der Waals surface area (Å²) >= 11 is 0. The lowest BCUT2D eigenvalue weighted by molar-refractivity contribution is 0.0789. The van der Waals surface area contributed by atoms with Crippen molar-refractivity contribution >= 4 is 5.91 Å². The maximum atomic E-state index is 12.1. The van der Waals surface area contributed by atoms with Crippen molar-refractivity contribution in [3.8, 4) is 5.69 Å². The van der Waals surface area contributed by atoms with Crippen molar-refractivity contribution in [2.75, 3.05) is 13.6 Å². The summed E-state index contributed by atoms with van der Waals surface area (Å²) in [6, 6.07) is 9.63. The quantitative estimate of drug-likeness (QED) is 0.898. The van der Waals surface area contributed by atoms with Crippen LogP contribution in [0.3, 0.4) is 0 Å². The third kappa shape index (κ3) is 3.20. The highest BCUT2D eigenvalue weighted by atomic mass is 16.2. The van der Waals surface area contributed by atoms with Crippen molar-refractivity contribution in [3.05, 3.63) is 48.3 Å². The Bertz CT molecular complexity index is 548. The highest BCUT2D eigenvalue weighted by Crippen LogP contribution is 2.09. The van der Waals surface area contributed by atoms with Gasteiger partial charge in [0.1, 0.15) is 0 Å². The monoisotopic (exact) mass is 258 g/mol. The molecule has 0 bridgehead atoms. The number of amides is 1. The summed E-state index contributed by atoms with van der Waals surface area (Å²) < 4.78 is 1.69. The van der Waals surface area contributed by atoms with Gasteiger partial charge in [0.05, 0.1) is 17.4 Å². The maximum Gasteiger partial charge on any atom is 0.256 e. The molecule has 100 valence electrons. The van der Waals surface area contributed by atoms with Gasteiger partial charge in [-0.05, 0) is 19.1 Å².